The maximum Gasteiger partial charge on any atom is 0.341 e. The third kappa shape index (κ3) is 6.22. The summed E-state index contributed by atoms with van der Waals surface area (Å²) in [5, 5.41) is 3.72. The Morgan fingerprint density at radius 3 is 2.52 bits per heavy atom. The second kappa shape index (κ2) is 10.8. The summed E-state index contributed by atoms with van der Waals surface area (Å²) in [6.07, 6.45) is 2.70. The van der Waals surface area contributed by atoms with Crippen LogP contribution in [0, 0.1) is 5.92 Å². The predicted octanol–water partition coefficient (Wildman–Crippen LogP) is 4.19. The van der Waals surface area contributed by atoms with Crippen molar-refractivity contribution in [2.45, 2.75) is 52.7 Å². The highest BCUT2D eigenvalue weighted by Crippen LogP contribution is 2.40. The molecule has 1 N–H and O–H groups in total. The van der Waals surface area contributed by atoms with Gasteiger partial charge in [-0.1, -0.05) is 37.3 Å². The van der Waals surface area contributed by atoms with Crippen LogP contribution >= 0.6 is 11.3 Å². The van der Waals surface area contributed by atoms with Crippen molar-refractivity contribution in [2.24, 2.45) is 5.92 Å². The minimum atomic E-state index is -0.318. The number of amides is 1. The number of rotatable bonds is 7. The zero-order valence-electron chi connectivity index (χ0n) is 19.9. The van der Waals surface area contributed by atoms with Gasteiger partial charge in [-0.15, -0.1) is 11.3 Å². The van der Waals surface area contributed by atoms with Crippen molar-refractivity contribution in [2.75, 3.05) is 38.0 Å². The molecular weight excluding hydrogens is 434 g/mol. The quantitative estimate of drug-likeness (QED) is 0.616. The number of esters is 1. The van der Waals surface area contributed by atoms with Gasteiger partial charge in [0.25, 0.3) is 0 Å². The van der Waals surface area contributed by atoms with Crippen LogP contribution in [0.3, 0.4) is 0 Å². The fourth-order valence-electron chi connectivity index (χ4n) is 4.64. The van der Waals surface area contributed by atoms with E-state index in [1.54, 1.807) is 11.3 Å². The number of thiophene rings is 1. The number of hydrogen-bond donors (Lipinski definition) is 1. The molecule has 0 saturated carbocycles. The molecule has 1 aliphatic heterocycles. The molecule has 1 aliphatic carbocycles. The maximum atomic E-state index is 12.9. The lowest BCUT2D eigenvalue weighted by molar-refractivity contribution is -0.117. The summed E-state index contributed by atoms with van der Waals surface area (Å²) in [5.74, 6) is 0.222. The first-order chi connectivity index (χ1) is 15.9. The van der Waals surface area contributed by atoms with Gasteiger partial charge < -0.3 is 10.1 Å². The molecule has 2 aromatic rings. The lowest BCUT2D eigenvalue weighted by Crippen LogP contribution is -2.48. The standard InChI is InChI=1S/C26H35N3O3S/c1-18(2)32-26(31)24-21-10-9-19(3)15-22(21)33-25(24)27-23(30)17-29-13-11-28(12-14-29)16-20-7-5-4-6-8-20/h4-8,18-19H,9-17H2,1-3H3,(H,27,30). The first kappa shape index (κ1) is 23.9. The van der Waals surface area contributed by atoms with Crippen LogP contribution in [-0.4, -0.2) is 60.5 Å². The number of anilines is 1. The van der Waals surface area contributed by atoms with E-state index in [-0.39, 0.29) is 18.0 Å². The lowest BCUT2D eigenvalue weighted by atomic mass is 9.88. The molecule has 2 aliphatic rings. The first-order valence-corrected chi connectivity index (χ1v) is 12.8. The van der Waals surface area contributed by atoms with Gasteiger partial charge in [0.2, 0.25) is 5.91 Å². The van der Waals surface area contributed by atoms with Gasteiger partial charge in [-0.3, -0.25) is 14.6 Å². The molecule has 0 bridgehead atoms. The van der Waals surface area contributed by atoms with E-state index in [1.165, 1.54) is 10.4 Å². The minimum absolute atomic E-state index is 0.0586. The molecule has 1 unspecified atom stereocenters. The normalized spacial score (nSPS) is 19.3. The molecule has 0 radical (unpaired) electrons. The van der Waals surface area contributed by atoms with Crippen molar-refractivity contribution < 1.29 is 14.3 Å². The largest absolute Gasteiger partial charge is 0.459 e. The predicted molar refractivity (Wildman–Crippen MR) is 133 cm³/mol. The number of carbonyl (C=O) groups excluding carboxylic acids is 2. The van der Waals surface area contributed by atoms with Crippen LogP contribution in [0.1, 0.15) is 53.6 Å². The van der Waals surface area contributed by atoms with Gasteiger partial charge in [0.05, 0.1) is 18.2 Å². The molecule has 33 heavy (non-hydrogen) atoms. The summed E-state index contributed by atoms with van der Waals surface area (Å²) in [4.78, 5) is 31.6. The zero-order valence-corrected chi connectivity index (χ0v) is 20.7. The molecule has 1 saturated heterocycles. The van der Waals surface area contributed by atoms with Crippen LogP contribution in [0.4, 0.5) is 5.00 Å². The SMILES string of the molecule is CC1CCc2c(sc(NC(=O)CN3CCN(Cc4ccccc4)CC3)c2C(=O)OC(C)C)C1. The van der Waals surface area contributed by atoms with E-state index in [2.05, 4.69) is 46.3 Å². The van der Waals surface area contributed by atoms with Crippen molar-refractivity contribution in [3.05, 3.63) is 51.9 Å². The van der Waals surface area contributed by atoms with Gasteiger partial charge in [0, 0.05) is 37.6 Å². The Kier molecular flexibility index (Phi) is 7.83. The van der Waals surface area contributed by atoms with E-state index < -0.39 is 0 Å². The van der Waals surface area contributed by atoms with Crippen LogP contribution in [0.5, 0.6) is 0 Å². The van der Waals surface area contributed by atoms with Crippen LogP contribution in [0.2, 0.25) is 0 Å². The van der Waals surface area contributed by atoms with E-state index in [1.807, 2.05) is 19.9 Å². The van der Waals surface area contributed by atoms with Gasteiger partial charge >= 0.3 is 5.97 Å². The van der Waals surface area contributed by atoms with E-state index in [0.717, 1.165) is 57.5 Å². The Morgan fingerprint density at radius 1 is 1.12 bits per heavy atom. The molecule has 1 aromatic heterocycles. The van der Waals surface area contributed by atoms with E-state index >= 15 is 0 Å². The van der Waals surface area contributed by atoms with Gasteiger partial charge in [-0.25, -0.2) is 4.79 Å². The monoisotopic (exact) mass is 469 g/mol. The highest BCUT2D eigenvalue weighted by molar-refractivity contribution is 7.17. The summed E-state index contributed by atoms with van der Waals surface area (Å²) in [7, 11) is 0. The van der Waals surface area contributed by atoms with Crippen LogP contribution in [0.15, 0.2) is 30.3 Å². The molecule has 1 fully saturated rings. The van der Waals surface area contributed by atoms with Crippen LogP contribution in [-0.2, 0) is 28.9 Å². The fourth-order valence-corrected chi connectivity index (χ4v) is 6.06. The lowest BCUT2D eigenvalue weighted by Gasteiger charge is -2.34. The Morgan fingerprint density at radius 2 is 1.82 bits per heavy atom. The zero-order chi connectivity index (χ0) is 23.4. The van der Waals surface area contributed by atoms with Gasteiger partial charge in [-0.05, 0) is 50.2 Å². The number of carbonyl (C=O) groups is 2. The summed E-state index contributed by atoms with van der Waals surface area (Å²) >= 11 is 1.55. The fraction of sp³-hybridized carbons (Fsp3) is 0.538. The smallest absolute Gasteiger partial charge is 0.341 e. The molecular formula is C26H35N3O3S. The Hall–Kier alpha value is -2.22. The third-order valence-electron chi connectivity index (χ3n) is 6.39. The number of ether oxygens (including phenoxy) is 1. The highest BCUT2D eigenvalue weighted by Gasteiger charge is 2.30. The number of benzene rings is 1. The molecule has 1 aromatic carbocycles. The summed E-state index contributed by atoms with van der Waals surface area (Å²) in [5.41, 5.74) is 2.98. The molecule has 7 heteroatoms. The molecule has 0 spiro atoms. The molecule has 1 amide bonds. The Labute approximate surface area is 200 Å². The molecule has 1 atom stereocenters. The number of piperazine rings is 1. The average molecular weight is 470 g/mol. The highest BCUT2D eigenvalue weighted by atomic mass is 32.1. The van der Waals surface area contributed by atoms with E-state index in [9.17, 15) is 9.59 Å². The molecule has 178 valence electrons. The Balaban J connectivity index is 1.36. The summed E-state index contributed by atoms with van der Waals surface area (Å²) in [6.45, 7) is 10.9. The van der Waals surface area contributed by atoms with Crippen molar-refractivity contribution in [1.29, 1.82) is 0 Å². The first-order valence-electron chi connectivity index (χ1n) is 12.0. The third-order valence-corrected chi connectivity index (χ3v) is 7.56. The number of nitrogens with zero attached hydrogens (tertiary/aromatic N) is 2. The summed E-state index contributed by atoms with van der Waals surface area (Å²) < 4.78 is 5.52. The number of nitrogens with one attached hydrogen (secondary N) is 1. The van der Waals surface area contributed by atoms with E-state index in [4.69, 9.17) is 4.74 Å². The molecule has 4 rings (SSSR count). The van der Waals surface area contributed by atoms with Gasteiger partial charge in [0.1, 0.15) is 5.00 Å². The van der Waals surface area contributed by atoms with Crippen molar-refractivity contribution in [3.63, 3.8) is 0 Å². The Bertz CT molecular complexity index is 965. The van der Waals surface area contributed by atoms with Crippen molar-refractivity contribution in [3.8, 4) is 0 Å². The minimum Gasteiger partial charge on any atom is -0.459 e. The topological polar surface area (TPSA) is 61.9 Å². The second-order valence-corrected chi connectivity index (χ2v) is 10.7. The molecule has 2 heterocycles. The van der Waals surface area contributed by atoms with Crippen LogP contribution in [0.25, 0.3) is 0 Å². The number of fused-ring (bicyclic) bond motifs is 1. The maximum absolute atomic E-state index is 12.9. The van der Waals surface area contributed by atoms with Gasteiger partial charge in [-0.2, -0.15) is 0 Å². The number of hydrogen-bond acceptors (Lipinski definition) is 6. The van der Waals surface area contributed by atoms with Crippen molar-refractivity contribution >= 4 is 28.2 Å². The van der Waals surface area contributed by atoms with Crippen molar-refractivity contribution in [1.82, 2.24) is 9.80 Å². The molecule has 6 nitrogen and oxygen atoms in total. The average Bonchev–Trinajstić information content (AvgIpc) is 3.12. The van der Waals surface area contributed by atoms with E-state index in [0.29, 0.717) is 23.0 Å². The second-order valence-electron chi connectivity index (χ2n) is 9.60. The summed E-state index contributed by atoms with van der Waals surface area (Å²) in [6, 6.07) is 10.5. The van der Waals surface area contributed by atoms with Gasteiger partial charge in [0.15, 0.2) is 0 Å². The van der Waals surface area contributed by atoms with Crippen LogP contribution < -0.4 is 5.32 Å².